The van der Waals surface area contributed by atoms with Crippen LogP contribution in [0.1, 0.15) is 33.1 Å². The molecule has 0 aromatic carbocycles. The van der Waals surface area contributed by atoms with E-state index in [-0.39, 0.29) is 0 Å². The number of nitrogens with one attached hydrogen (secondary N) is 1. The maximum absolute atomic E-state index is 3.65. The summed E-state index contributed by atoms with van der Waals surface area (Å²) in [5.74, 6) is 2.89. The monoisotopic (exact) mass is 153 g/mol. The molecule has 2 aliphatic rings. The molecule has 2 rings (SSSR count). The van der Waals surface area contributed by atoms with Gasteiger partial charge in [0.25, 0.3) is 0 Å². The van der Waals surface area contributed by atoms with Crippen LogP contribution in [0.2, 0.25) is 0 Å². The van der Waals surface area contributed by atoms with Crippen molar-refractivity contribution >= 4 is 0 Å². The minimum Gasteiger partial charge on any atom is -0.313 e. The minimum atomic E-state index is 0.869. The molecule has 1 saturated heterocycles. The highest BCUT2D eigenvalue weighted by atomic mass is 15.0. The molecule has 1 N–H and O–H groups in total. The molecule has 3 atom stereocenters. The van der Waals surface area contributed by atoms with Crippen molar-refractivity contribution < 1.29 is 0 Å². The van der Waals surface area contributed by atoms with E-state index in [0.717, 1.165) is 23.8 Å². The zero-order valence-corrected chi connectivity index (χ0v) is 7.64. The summed E-state index contributed by atoms with van der Waals surface area (Å²) in [4.78, 5) is 0. The second-order valence-electron chi connectivity index (χ2n) is 4.53. The highest BCUT2D eigenvalue weighted by Gasteiger charge is 2.39. The second-order valence-corrected chi connectivity index (χ2v) is 4.53. The van der Waals surface area contributed by atoms with Crippen LogP contribution >= 0.6 is 0 Å². The van der Waals surface area contributed by atoms with E-state index in [1.54, 1.807) is 0 Å². The molecule has 0 amide bonds. The Kier molecular flexibility index (Phi) is 1.92. The molecule has 0 spiro atoms. The largest absolute Gasteiger partial charge is 0.313 e. The van der Waals surface area contributed by atoms with Crippen molar-refractivity contribution in [1.82, 2.24) is 5.32 Å². The lowest BCUT2D eigenvalue weighted by Crippen LogP contribution is -2.33. The SMILES string of the molecule is CC(C)C1C2CCCC1NC2. The van der Waals surface area contributed by atoms with Crippen LogP contribution in [0.25, 0.3) is 0 Å². The quantitative estimate of drug-likeness (QED) is 0.608. The van der Waals surface area contributed by atoms with Crippen molar-refractivity contribution in [3.05, 3.63) is 0 Å². The third-order valence-electron chi connectivity index (χ3n) is 3.51. The highest BCUT2D eigenvalue weighted by Crippen LogP contribution is 2.38. The first-order chi connectivity index (χ1) is 5.29. The van der Waals surface area contributed by atoms with Gasteiger partial charge in [0, 0.05) is 6.04 Å². The van der Waals surface area contributed by atoms with Crippen molar-refractivity contribution in [3.63, 3.8) is 0 Å². The third-order valence-corrected chi connectivity index (χ3v) is 3.51. The van der Waals surface area contributed by atoms with E-state index in [2.05, 4.69) is 19.2 Å². The van der Waals surface area contributed by atoms with E-state index in [0.29, 0.717) is 0 Å². The van der Waals surface area contributed by atoms with Crippen molar-refractivity contribution in [2.75, 3.05) is 6.54 Å². The van der Waals surface area contributed by atoms with Gasteiger partial charge in [-0.2, -0.15) is 0 Å². The van der Waals surface area contributed by atoms with E-state index < -0.39 is 0 Å². The van der Waals surface area contributed by atoms with E-state index in [9.17, 15) is 0 Å². The summed E-state index contributed by atoms with van der Waals surface area (Å²) in [6.45, 7) is 6.06. The topological polar surface area (TPSA) is 12.0 Å². The number of fused-ring (bicyclic) bond motifs is 2. The van der Waals surface area contributed by atoms with Crippen LogP contribution in [0.15, 0.2) is 0 Å². The molecule has 1 saturated carbocycles. The predicted molar refractivity (Wildman–Crippen MR) is 47.5 cm³/mol. The van der Waals surface area contributed by atoms with Gasteiger partial charge in [-0.15, -0.1) is 0 Å². The lowest BCUT2D eigenvalue weighted by molar-refractivity contribution is 0.211. The molecule has 2 fully saturated rings. The predicted octanol–water partition coefficient (Wildman–Crippen LogP) is 2.03. The van der Waals surface area contributed by atoms with E-state index in [1.807, 2.05) is 0 Å². The van der Waals surface area contributed by atoms with Crippen LogP contribution in [-0.4, -0.2) is 12.6 Å². The Balaban J connectivity index is 2.09. The van der Waals surface area contributed by atoms with Crippen molar-refractivity contribution in [3.8, 4) is 0 Å². The Morgan fingerprint density at radius 3 is 2.64 bits per heavy atom. The van der Waals surface area contributed by atoms with Crippen LogP contribution in [0.3, 0.4) is 0 Å². The lowest BCUT2D eigenvalue weighted by Gasteiger charge is -2.31. The summed E-state index contributed by atoms with van der Waals surface area (Å²) in [7, 11) is 0. The molecular weight excluding hydrogens is 134 g/mol. The number of hydrogen-bond donors (Lipinski definition) is 1. The van der Waals surface area contributed by atoms with Gasteiger partial charge in [0.05, 0.1) is 0 Å². The maximum atomic E-state index is 3.65. The van der Waals surface area contributed by atoms with Gasteiger partial charge >= 0.3 is 0 Å². The zero-order valence-electron chi connectivity index (χ0n) is 7.64. The molecule has 1 nitrogen and oxygen atoms in total. The maximum Gasteiger partial charge on any atom is 0.0101 e. The van der Waals surface area contributed by atoms with Gasteiger partial charge in [-0.25, -0.2) is 0 Å². The fourth-order valence-electron chi connectivity index (χ4n) is 3.10. The molecule has 1 aliphatic carbocycles. The number of hydrogen-bond acceptors (Lipinski definition) is 1. The van der Waals surface area contributed by atoms with Crippen LogP contribution in [-0.2, 0) is 0 Å². The highest BCUT2D eigenvalue weighted by molar-refractivity contribution is 4.95. The first kappa shape index (κ1) is 7.60. The fraction of sp³-hybridized carbons (Fsp3) is 1.00. The molecule has 64 valence electrons. The smallest absolute Gasteiger partial charge is 0.0101 e. The van der Waals surface area contributed by atoms with Gasteiger partial charge < -0.3 is 5.32 Å². The summed E-state index contributed by atoms with van der Waals surface area (Å²) in [5, 5.41) is 3.65. The molecule has 11 heavy (non-hydrogen) atoms. The van der Waals surface area contributed by atoms with Crippen molar-refractivity contribution in [2.24, 2.45) is 17.8 Å². The average molecular weight is 153 g/mol. The molecule has 1 heterocycles. The first-order valence-corrected chi connectivity index (χ1v) is 5.02. The van der Waals surface area contributed by atoms with Gasteiger partial charge in [0.1, 0.15) is 0 Å². The summed E-state index contributed by atoms with van der Waals surface area (Å²) in [6, 6.07) is 0.869. The molecular formula is C10H19N. The Morgan fingerprint density at radius 2 is 2.09 bits per heavy atom. The van der Waals surface area contributed by atoms with Gasteiger partial charge in [-0.05, 0) is 37.1 Å². The van der Waals surface area contributed by atoms with E-state index >= 15 is 0 Å². The van der Waals surface area contributed by atoms with Gasteiger partial charge in [0.2, 0.25) is 0 Å². The summed E-state index contributed by atoms with van der Waals surface area (Å²) in [6.07, 6.45) is 4.37. The fourth-order valence-corrected chi connectivity index (χ4v) is 3.10. The van der Waals surface area contributed by atoms with Gasteiger partial charge in [-0.3, -0.25) is 0 Å². The van der Waals surface area contributed by atoms with Crippen LogP contribution in [0.5, 0.6) is 0 Å². The molecule has 1 aliphatic heterocycles. The Hall–Kier alpha value is -0.0400. The molecule has 0 aromatic rings. The lowest BCUT2D eigenvalue weighted by atomic mass is 9.74. The van der Waals surface area contributed by atoms with Crippen molar-refractivity contribution in [1.29, 1.82) is 0 Å². The minimum absolute atomic E-state index is 0.869. The van der Waals surface area contributed by atoms with Crippen molar-refractivity contribution in [2.45, 2.75) is 39.2 Å². The Labute approximate surface area is 69.6 Å². The summed E-state index contributed by atoms with van der Waals surface area (Å²) < 4.78 is 0. The van der Waals surface area contributed by atoms with Gasteiger partial charge in [-0.1, -0.05) is 20.3 Å². The Morgan fingerprint density at radius 1 is 1.27 bits per heavy atom. The molecule has 1 heteroatoms. The number of rotatable bonds is 1. The average Bonchev–Trinajstić information content (AvgIpc) is 2.23. The summed E-state index contributed by atoms with van der Waals surface area (Å²) in [5.41, 5.74) is 0. The molecule has 0 aromatic heterocycles. The normalized spacial score (nSPS) is 43.4. The van der Waals surface area contributed by atoms with E-state index in [1.165, 1.54) is 25.8 Å². The molecule has 2 bridgehead atoms. The molecule has 3 unspecified atom stereocenters. The molecule has 0 radical (unpaired) electrons. The first-order valence-electron chi connectivity index (χ1n) is 5.02. The van der Waals surface area contributed by atoms with Crippen LogP contribution < -0.4 is 5.32 Å². The summed E-state index contributed by atoms with van der Waals surface area (Å²) >= 11 is 0. The third kappa shape index (κ3) is 1.20. The van der Waals surface area contributed by atoms with Gasteiger partial charge in [0.15, 0.2) is 0 Å². The second kappa shape index (κ2) is 2.78. The van der Waals surface area contributed by atoms with Crippen LogP contribution in [0, 0.1) is 17.8 Å². The standard InChI is InChI=1S/C10H19N/c1-7(2)10-8-4-3-5-9(10)11-6-8/h7-11H,3-6H2,1-2H3. The zero-order chi connectivity index (χ0) is 7.84. The van der Waals surface area contributed by atoms with Crippen LogP contribution in [0.4, 0.5) is 0 Å². The Bertz CT molecular complexity index is 126. The van der Waals surface area contributed by atoms with E-state index in [4.69, 9.17) is 0 Å².